The highest BCUT2D eigenvalue weighted by Gasteiger charge is 1.88. The van der Waals surface area contributed by atoms with E-state index in [9.17, 15) is 0 Å². The molecule has 0 fully saturated rings. The Labute approximate surface area is 112 Å². The first-order chi connectivity index (χ1) is 8.68. The molecule has 1 aromatic carbocycles. The third kappa shape index (κ3) is 6.90. The van der Waals surface area contributed by atoms with Crippen molar-refractivity contribution < 1.29 is 0 Å². The second-order valence-electron chi connectivity index (χ2n) is 4.92. The molecule has 0 unspecified atom stereocenters. The normalized spacial score (nSPS) is 11.8. The maximum atomic E-state index is 2.32. The molecule has 0 bridgehead atoms. The zero-order valence-electron chi connectivity index (χ0n) is 11.8. The van der Waals surface area contributed by atoms with Crippen LogP contribution in [0.5, 0.6) is 0 Å². The van der Waals surface area contributed by atoms with Gasteiger partial charge in [0.2, 0.25) is 0 Å². The molecule has 0 nitrogen and oxygen atoms in total. The summed E-state index contributed by atoms with van der Waals surface area (Å²) in [6.07, 6.45) is 12.4. The molecule has 0 saturated heterocycles. The first kappa shape index (κ1) is 14.5. The minimum Gasteiger partial charge on any atom is -0.0856 e. The van der Waals surface area contributed by atoms with Crippen molar-refractivity contribution in [2.45, 2.75) is 40.0 Å². The van der Waals surface area contributed by atoms with Gasteiger partial charge in [-0.25, -0.2) is 0 Å². The molecule has 0 aliphatic heterocycles. The molecule has 0 aliphatic carbocycles. The van der Waals surface area contributed by atoms with E-state index >= 15 is 0 Å². The smallest absolute Gasteiger partial charge is 0.0163 e. The predicted molar refractivity (Wildman–Crippen MR) is 82.5 cm³/mol. The van der Waals surface area contributed by atoms with Gasteiger partial charge in [-0.2, -0.15) is 0 Å². The summed E-state index contributed by atoms with van der Waals surface area (Å²) in [6, 6.07) is 10.4. The molecule has 0 atom stereocenters. The van der Waals surface area contributed by atoms with E-state index in [0.717, 1.165) is 12.8 Å². The van der Waals surface area contributed by atoms with Crippen LogP contribution >= 0.6 is 0 Å². The maximum Gasteiger partial charge on any atom is -0.0163 e. The van der Waals surface area contributed by atoms with Crippen LogP contribution in [0.1, 0.15) is 45.6 Å². The number of allylic oxidation sites excluding steroid dienone is 5. The molecule has 0 aliphatic rings. The predicted octanol–water partition coefficient (Wildman–Crippen LogP) is 5.78. The van der Waals surface area contributed by atoms with Gasteiger partial charge in [0.05, 0.1) is 0 Å². The van der Waals surface area contributed by atoms with Crippen LogP contribution in [0.2, 0.25) is 0 Å². The Morgan fingerprint density at radius 3 is 2.39 bits per heavy atom. The lowest BCUT2D eigenvalue weighted by molar-refractivity contribution is 0.958. The summed E-state index contributed by atoms with van der Waals surface area (Å²) in [6.45, 7) is 6.53. The quantitative estimate of drug-likeness (QED) is 0.553. The standard InChI is InChI=1S/C18H24/c1-16(2)10-9-12-17(3)11-7-8-15-18-13-5-4-6-14-18/h4-6,8,10-11,13-15H,7,9,12H2,1-3H3/b15-8+,17-11+. The molecule has 0 saturated carbocycles. The molecule has 18 heavy (non-hydrogen) atoms. The first-order valence-electron chi connectivity index (χ1n) is 6.69. The Morgan fingerprint density at radius 1 is 1.00 bits per heavy atom. The Balaban J connectivity index is 2.31. The van der Waals surface area contributed by atoms with E-state index in [1.807, 2.05) is 6.07 Å². The van der Waals surface area contributed by atoms with Crippen LogP contribution in [0.25, 0.3) is 6.08 Å². The van der Waals surface area contributed by atoms with Crippen LogP contribution < -0.4 is 0 Å². The molecule has 1 rings (SSSR count). The third-order valence-electron chi connectivity index (χ3n) is 2.80. The molecule has 0 spiro atoms. The SMILES string of the molecule is CC(C)=CCC/C(C)=C/C/C=C/c1ccccc1. The molecule has 0 N–H and O–H groups in total. The second-order valence-corrected chi connectivity index (χ2v) is 4.92. The lowest BCUT2D eigenvalue weighted by atomic mass is 10.1. The fourth-order valence-electron chi connectivity index (χ4n) is 1.73. The largest absolute Gasteiger partial charge is 0.0856 e. The Morgan fingerprint density at radius 2 is 1.72 bits per heavy atom. The lowest BCUT2D eigenvalue weighted by Gasteiger charge is -1.97. The molecule has 0 aromatic heterocycles. The summed E-state index contributed by atoms with van der Waals surface area (Å²) < 4.78 is 0. The fraction of sp³-hybridized carbons (Fsp3) is 0.333. The van der Waals surface area contributed by atoms with Gasteiger partial charge in [0, 0.05) is 0 Å². The molecule has 1 aromatic rings. The first-order valence-corrected chi connectivity index (χ1v) is 6.69. The van der Waals surface area contributed by atoms with E-state index in [2.05, 4.69) is 69.3 Å². The monoisotopic (exact) mass is 240 g/mol. The zero-order valence-corrected chi connectivity index (χ0v) is 11.8. The van der Waals surface area contributed by atoms with E-state index in [0.29, 0.717) is 0 Å². The third-order valence-corrected chi connectivity index (χ3v) is 2.80. The summed E-state index contributed by atoms with van der Waals surface area (Å²) in [5, 5.41) is 0. The van der Waals surface area contributed by atoms with Crippen LogP contribution in [-0.4, -0.2) is 0 Å². The molecular formula is C18H24. The van der Waals surface area contributed by atoms with Crippen molar-refractivity contribution in [2.24, 2.45) is 0 Å². The molecule has 0 heteroatoms. The number of hydrogen-bond acceptors (Lipinski definition) is 0. The Kier molecular flexibility index (Phi) is 6.86. The molecule has 96 valence electrons. The van der Waals surface area contributed by atoms with Crippen LogP contribution in [0.3, 0.4) is 0 Å². The Bertz CT molecular complexity index is 415. The Hall–Kier alpha value is -1.56. The van der Waals surface area contributed by atoms with Crippen LogP contribution in [0.15, 0.2) is 59.7 Å². The zero-order chi connectivity index (χ0) is 13.2. The minimum absolute atomic E-state index is 1.02. The fourth-order valence-corrected chi connectivity index (χ4v) is 1.73. The molecule has 0 amide bonds. The summed E-state index contributed by atoms with van der Waals surface area (Å²) >= 11 is 0. The molecule has 0 heterocycles. The maximum absolute atomic E-state index is 2.32. The van der Waals surface area contributed by atoms with E-state index in [4.69, 9.17) is 0 Å². The van der Waals surface area contributed by atoms with Gasteiger partial charge in [-0.1, -0.05) is 65.8 Å². The second kappa shape index (κ2) is 8.52. The molecule has 0 radical (unpaired) electrons. The highest BCUT2D eigenvalue weighted by Crippen LogP contribution is 2.08. The number of benzene rings is 1. The molecular weight excluding hydrogens is 216 g/mol. The van der Waals surface area contributed by atoms with Crippen molar-refractivity contribution in [3.63, 3.8) is 0 Å². The van der Waals surface area contributed by atoms with E-state index < -0.39 is 0 Å². The van der Waals surface area contributed by atoms with Crippen LogP contribution in [-0.2, 0) is 0 Å². The van der Waals surface area contributed by atoms with Gasteiger partial charge in [0.25, 0.3) is 0 Å². The highest BCUT2D eigenvalue weighted by atomic mass is 13.9. The summed E-state index contributed by atoms with van der Waals surface area (Å²) in [4.78, 5) is 0. The van der Waals surface area contributed by atoms with Gasteiger partial charge < -0.3 is 0 Å². The summed E-state index contributed by atoms with van der Waals surface area (Å²) in [5.74, 6) is 0. The number of rotatable bonds is 6. The van der Waals surface area contributed by atoms with Gasteiger partial charge in [0.15, 0.2) is 0 Å². The number of hydrogen-bond donors (Lipinski definition) is 0. The van der Waals surface area contributed by atoms with E-state index in [1.54, 1.807) is 0 Å². The van der Waals surface area contributed by atoms with E-state index in [-0.39, 0.29) is 0 Å². The van der Waals surface area contributed by atoms with Crippen molar-refractivity contribution >= 4 is 6.08 Å². The lowest BCUT2D eigenvalue weighted by Crippen LogP contribution is -1.77. The average Bonchev–Trinajstić information content (AvgIpc) is 2.35. The van der Waals surface area contributed by atoms with Gasteiger partial charge in [-0.05, 0) is 45.6 Å². The van der Waals surface area contributed by atoms with Crippen molar-refractivity contribution in [3.8, 4) is 0 Å². The topological polar surface area (TPSA) is 0 Å². The summed E-state index contributed by atoms with van der Waals surface area (Å²) in [7, 11) is 0. The van der Waals surface area contributed by atoms with Crippen LogP contribution in [0, 0.1) is 0 Å². The minimum atomic E-state index is 1.02. The van der Waals surface area contributed by atoms with Gasteiger partial charge in [0.1, 0.15) is 0 Å². The average molecular weight is 240 g/mol. The van der Waals surface area contributed by atoms with Gasteiger partial charge in [-0.3, -0.25) is 0 Å². The van der Waals surface area contributed by atoms with E-state index in [1.165, 1.54) is 23.1 Å². The van der Waals surface area contributed by atoms with Gasteiger partial charge in [-0.15, -0.1) is 0 Å². The van der Waals surface area contributed by atoms with Gasteiger partial charge >= 0.3 is 0 Å². The van der Waals surface area contributed by atoms with Crippen molar-refractivity contribution in [2.75, 3.05) is 0 Å². The highest BCUT2D eigenvalue weighted by molar-refractivity contribution is 5.48. The summed E-state index contributed by atoms with van der Waals surface area (Å²) in [5.41, 5.74) is 4.16. The van der Waals surface area contributed by atoms with Crippen molar-refractivity contribution in [1.29, 1.82) is 0 Å². The van der Waals surface area contributed by atoms with Crippen molar-refractivity contribution in [3.05, 3.63) is 65.3 Å². The van der Waals surface area contributed by atoms with Crippen LogP contribution in [0.4, 0.5) is 0 Å². The van der Waals surface area contributed by atoms with Crippen molar-refractivity contribution in [1.82, 2.24) is 0 Å².